The minimum Gasteiger partial charge on any atom is -0.380 e. The molecule has 272 valence electrons. The third kappa shape index (κ3) is 6.72. The molecule has 0 aromatic heterocycles. The van der Waals surface area contributed by atoms with Crippen LogP contribution in [0.15, 0.2) is 0 Å². The summed E-state index contributed by atoms with van der Waals surface area (Å²) in [5, 5.41) is 0. The molecule has 0 N–H and O–H groups in total. The summed E-state index contributed by atoms with van der Waals surface area (Å²) in [7, 11) is 0. The lowest BCUT2D eigenvalue weighted by atomic mass is 9.74. The molecular formula is C16H6F28O. The van der Waals surface area contributed by atoms with Gasteiger partial charge in [-0.2, -0.15) is 105 Å². The van der Waals surface area contributed by atoms with Crippen molar-refractivity contribution in [3.05, 3.63) is 0 Å². The maximum Gasteiger partial charge on any atom is 0.432 e. The molecule has 0 aliphatic carbocycles. The Morgan fingerprint density at radius 1 is 0.244 bits per heavy atom. The van der Waals surface area contributed by atoms with Crippen LogP contribution in [0.5, 0.6) is 0 Å². The van der Waals surface area contributed by atoms with Gasteiger partial charge in [0.15, 0.2) is 0 Å². The van der Waals surface area contributed by atoms with Gasteiger partial charge in [0.25, 0.3) is 0 Å². The fourth-order valence-corrected chi connectivity index (χ4v) is 3.53. The highest BCUT2D eigenvalue weighted by Gasteiger charge is 2.90. The highest BCUT2D eigenvalue weighted by molar-refractivity contribution is 5.15. The van der Waals surface area contributed by atoms with Gasteiger partial charge in [0, 0.05) is 0 Å². The van der Waals surface area contributed by atoms with Crippen LogP contribution in [0.4, 0.5) is 123 Å². The van der Waals surface area contributed by atoms with E-state index in [2.05, 4.69) is 4.74 Å². The second-order valence-corrected chi connectivity index (χ2v) is 8.47. The van der Waals surface area contributed by atoms with Gasteiger partial charge in [-0.15, -0.1) is 0 Å². The third-order valence-electron chi connectivity index (χ3n) is 5.79. The first-order chi connectivity index (χ1) is 19.0. The molecule has 0 aliphatic heterocycles. The quantitative estimate of drug-likeness (QED) is 0.225. The van der Waals surface area contributed by atoms with Crippen LogP contribution in [-0.4, -0.2) is 85.3 Å². The highest BCUT2D eigenvalue weighted by atomic mass is 19.5. The first kappa shape index (κ1) is 43.0. The maximum absolute atomic E-state index is 14.3. The van der Waals surface area contributed by atoms with E-state index < -0.39 is 97.1 Å². The molecule has 0 atom stereocenters. The van der Waals surface area contributed by atoms with Crippen molar-refractivity contribution in [2.24, 2.45) is 11.8 Å². The molecule has 0 aromatic carbocycles. The second kappa shape index (κ2) is 11.3. The van der Waals surface area contributed by atoms with Crippen LogP contribution >= 0.6 is 0 Å². The monoisotopic (exact) mass is 746 g/mol. The summed E-state index contributed by atoms with van der Waals surface area (Å²) in [4.78, 5) is 0. The molecule has 0 bridgehead atoms. The summed E-state index contributed by atoms with van der Waals surface area (Å²) in [6.07, 6.45) is -66.6. The van der Waals surface area contributed by atoms with E-state index in [9.17, 15) is 123 Å². The zero-order valence-electron chi connectivity index (χ0n) is 19.6. The second-order valence-electron chi connectivity index (χ2n) is 8.47. The Kier molecular flexibility index (Phi) is 10.8. The molecule has 0 spiro atoms. The number of ether oxygens (including phenoxy) is 1. The smallest absolute Gasteiger partial charge is 0.380 e. The van der Waals surface area contributed by atoms with Crippen molar-refractivity contribution in [3.8, 4) is 0 Å². The van der Waals surface area contributed by atoms with Crippen molar-refractivity contribution in [1.29, 1.82) is 0 Å². The van der Waals surface area contributed by atoms with Crippen LogP contribution in [0, 0.1) is 11.8 Å². The molecule has 0 amide bonds. The molecular weight excluding hydrogens is 740 g/mol. The number of alkyl halides is 28. The van der Waals surface area contributed by atoms with E-state index in [1.54, 1.807) is 0 Å². The molecule has 1 nitrogen and oxygen atoms in total. The molecule has 29 heteroatoms. The molecule has 0 unspecified atom stereocenters. The average Bonchev–Trinajstić information content (AvgIpc) is 2.71. The van der Waals surface area contributed by atoms with Crippen LogP contribution in [0.1, 0.15) is 0 Å². The largest absolute Gasteiger partial charge is 0.432 e. The highest BCUT2D eigenvalue weighted by Crippen LogP contribution is 2.63. The van der Waals surface area contributed by atoms with E-state index in [4.69, 9.17) is 0 Å². The Labute approximate surface area is 226 Å². The van der Waals surface area contributed by atoms with Crippen molar-refractivity contribution >= 4 is 0 Å². The van der Waals surface area contributed by atoms with Crippen LogP contribution in [0.25, 0.3) is 0 Å². The average molecular weight is 746 g/mol. The Bertz CT molecular complexity index is 780. The van der Waals surface area contributed by atoms with E-state index in [0.29, 0.717) is 0 Å². The Balaban J connectivity index is 7.94. The van der Waals surface area contributed by atoms with Crippen molar-refractivity contribution in [3.63, 3.8) is 0 Å². The first-order valence-electron chi connectivity index (χ1n) is 9.84. The van der Waals surface area contributed by atoms with Crippen LogP contribution in [0.2, 0.25) is 0 Å². The topological polar surface area (TPSA) is 9.23 Å². The van der Waals surface area contributed by atoms with E-state index in [1.807, 2.05) is 0 Å². The Hall–Kier alpha value is -2.00. The fraction of sp³-hybridized carbons (Fsp3) is 1.00. The van der Waals surface area contributed by atoms with Gasteiger partial charge in [0.1, 0.15) is 0 Å². The number of rotatable bonds is 8. The summed E-state index contributed by atoms with van der Waals surface area (Å²) >= 11 is 0. The molecule has 45 heavy (non-hydrogen) atoms. The Morgan fingerprint density at radius 2 is 0.356 bits per heavy atom. The minimum atomic E-state index is -8.39. The van der Waals surface area contributed by atoms with Gasteiger partial charge in [-0.1, -0.05) is 0 Å². The lowest BCUT2D eigenvalue weighted by Crippen LogP contribution is -2.72. The molecule has 0 aromatic rings. The zero-order chi connectivity index (χ0) is 37.3. The van der Waals surface area contributed by atoms with Gasteiger partial charge in [0.05, 0.1) is 25.0 Å². The van der Waals surface area contributed by atoms with E-state index in [0.717, 1.165) is 0 Å². The zero-order valence-corrected chi connectivity index (χ0v) is 19.6. The Morgan fingerprint density at radius 3 is 0.444 bits per heavy atom. The molecule has 0 heterocycles. The molecule has 0 aliphatic rings. The van der Waals surface area contributed by atoms with E-state index >= 15 is 0 Å². The van der Waals surface area contributed by atoms with Gasteiger partial charge in [0.2, 0.25) is 0 Å². The van der Waals surface area contributed by atoms with E-state index in [1.165, 1.54) is 0 Å². The van der Waals surface area contributed by atoms with Crippen molar-refractivity contribution in [2.75, 3.05) is 13.2 Å². The number of hydrogen-bond acceptors (Lipinski definition) is 1. The van der Waals surface area contributed by atoms with Crippen molar-refractivity contribution in [1.82, 2.24) is 0 Å². The van der Waals surface area contributed by atoms with Gasteiger partial charge in [-0.05, 0) is 0 Å². The van der Waals surface area contributed by atoms with Gasteiger partial charge in [-0.3, -0.25) is 0 Å². The summed E-state index contributed by atoms with van der Waals surface area (Å²) in [6, 6.07) is 0. The summed E-state index contributed by atoms with van der Waals surface area (Å²) in [5.41, 5.74) is -33.6. The minimum absolute atomic E-state index is 2.54. The summed E-state index contributed by atoms with van der Waals surface area (Å²) < 4.78 is 371. The summed E-state index contributed by atoms with van der Waals surface area (Å²) in [6.45, 7) is -9.34. The standard InChI is InChI=1S/C16H6F28O/c17-5(9(21,22)23,10(24,25)26)3(6(18,11(27,28)29)12(30,31)32)1-45-2-4(7(19,13(33,34)35)14(36,37)38)8(20,15(39,40)41)16(42,43)44/h3-4H,1-2H2. The predicted octanol–water partition coefficient (Wildman–Crippen LogP) is 9.57. The third-order valence-corrected chi connectivity index (χ3v) is 5.79. The lowest BCUT2D eigenvalue weighted by Gasteiger charge is -2.46. The van der Waals surface area contributed by atoms with Gasteiger partial charge in [-0.25, -0.2) is 17.6 Å². The maximum atomic E-state index is 14.3. The number of halogens is 28. The van der Waals surface area contributed by atoms with Crippen LogP contribution < -0.4 is 0 Å². The van der Waals surface area contributed by atoms with Crippen molar-refractivity contribution < 1.29 is 128 Å². The van der Waals surface area contributed by atoms with Crippen molar-refractivity contribution in [2.45, 2.75) is 72.1 Å². The van der Waals surface area contributed by atoms with E-state index in [-0.39, 0.29) is 0 Å². The molecule has 0 saturated carbocycles. The van der Waals surface area contributed by atoms with Crippen LogP contribution in [-0.2, 0) is 4.74 Å². The fourth-order valence-electron chi connectivity index (χ4n) is 3.53. The van der Waals surface area contributed by atoms with Gasteiger partial charge >= 0.3 is 72.1 Å². The summed E-state index contributed by atoms with van der Waals surface area (Å²) in [5.74, 6) is -13.7. The van der Waals surface area contributed by atoms with Crippen LogP contribution in [0.3, 0.4) is 0 Å². The first-order valence-corrected chi connectivity index (χ1v) is 9.84. The number of hydrogen-bond donors (Lipinski definition) is 0. The van der Waals surface area contributed by atoms with Gasteiger partial charge < -0.3 is 4.74 Å². The SMILES string of the molecule is FC(F)(F)C(F)(C(COCC(C(F)(C(F)(F)F)C(F)(F)F)C(F)(C(F)(F)F)C(F)(F)F)C(F)(C(F)(F)F)C(F)(F)F)C(F)(F)F. The lowest BCUT2D eigenvalue weighted by molar-refractivity contribution is -0.427. The predicted molar refractivity (Wildman–Crippen MR) is 81.6 cm³/mol. The molecule has 0 saturated heterocycles. The molecule has 0 fully saturated rings. The molecule has 0 rings (SSSR count). The normalized spacial score (nSPS) is 16.7. The molecule has 0 radical (unpaired) electrons.